The molecule has 2 rings (SSSR count). The second-order valence-corrected chi connectivity index (χ2v) is 8.05. The maximum Gasteiger partial charge on any atom is 0.119 e. The second kappa shape index (κ2) is 14.0. The van der Waals surface area contributed by atoms with Gasteiger partial charge in [0.1, 0.15) is 24.7 Å². The van der Waals surface area contributed by atoms with Crippen LogP contribution in [0.1, 0.15) is 52.7 Å². The number of hydrogen-bond donors (Lipinski definition) is 0. The normalized spacial score (nSPS) is 12.2. The lowest BCUT2D eigenvalue weighted by Crippen LogP contribution is -2.27. The Kier molecular flexibility index (Phi) is 11.3. The Balaban J connectivity index is 1.94. The molecule has 0 spiro atoms. The van der Waals surface area contributed by atoms with Crippen molar-refractivity contribution in [1.29, 1.82) is 0 Å². The van der Waals surface area contributed by atoms with Gasteiger partial charge < -0.3 is 19.3 Å². The van der Waals surface area contributed by atoms with Crippen molar-refractivity contribution in [3.8, 4) is 11.5 Å². The summed E-state index contributed by atoms with van der Waals surface area (Å²) >= 11 is 0. The lowest BCUT2D eigenvalue weighted by Gasteiger charge is -2.18. The van der Waals surface area contributed by atoms with E-state index in [0.717, 1.165) is 64.0 Å². The van der Waals surface area contributed by atoms with Gasteiger partial charge in [-0.1, -0.05) is 52.0 Å². The van der Waals surface area contributed by atoms with E-state index >= 15 is 0 Å². The Morgan fingerprint density at radius 3 is 1.16 bits per heavy atom. The maximum absolute atomic E-state index is 5.92. The molecule has 0 fully saturated rings. The van der Waals surface area contributed by atoms with Gasteiger partial charge in [0.15, 0.2) is 0 Å². The van der Waals surface area contributed by atoms with Gasteiger partial charge in [0.05, 0.1) is 0 Å². The maximum atomic E-state index is 5.92. The summed E-state index contributed by atoms with van der Waals surface area (Å²) in [5, 5.41) is 0. The molecule has 4 nitrogen and oxygen atoms in total. The number of allylic oxidation sites excluding steroid dienone is 2. The van der Waals surface area contributed by atoms with Gasteiger partial charge in [0.2, 0.25) is 0 Å². The summed E-state index contributed by atoms with van der Waals surface area (Å²) < 4.78 is 11.8. The summed E-state index contributed by atoms with van der Waals surface area (Å²) in [6.45, 7) is 20.7. The minimum absolute atomic E-state index is 0.720. The van der Waals surface area contributed by atoms with Crippen LogP contribution in [0.25, 0.3) is 11.1 Å². The van der Waals surface area contributed by atoms with Gasteiger partial charge in [-0.3, -0.25) is 0 Å². The van der Waals surface area contributed by atoms with E-state index < -0.39 is 0 Å². The average Bonchev–Trinajstić information content (AvgIpc) is 2.84. The van der Waals surface area contributed by atoms with Crippen molar-refractivity contribution in [3.05, 3.63) is 59.7 Å². The van der Waals surface area contributed by atoms with Crippen LogP contribution in [-0.4, -0.2) is 62.3 Å². The monoisotopic (exact) mass is 438 g/mol. The van der Waals surface area contributed by atoms with Crippen molar-refractivity contribution in [2.24, 2.45) is 0 Å². The lowest BCUT2D eigenvalue weighted by atomic mass is 9.97. The summed E-state index contributed by atoms with van der Waals surface area (Å²) in [4.78, 5) is 4.73. The van der Waals surface area contributed by atoms with Crippen molar-refractivity contribution in [2.75, 3.05) is 52.5 Å². The van der Waals surface area contributed by atoms with Gasteiger partial charge in [-0.05, 0) is 86.6 Å². The molecule has 32 heavy (non-hydrogen) atoms. The first-order valence-corrected chi connectivity index (χ1v) is 12.1. The third kappa shape index (κ3) is 7.99. The highest BCUT2D eigenvalue weighted by Gasteiger charge is 2.06. The summed E-state index contributed by atoms with van der Waals surface area (Å²) in [7, 11) is 0. The molecule has 0 atom stereocenters. The molecule has 0 aliphatic rings. The molecule has 0 bridgehead atoms. The molecule has 0 aliphatic carbocycles. The highest BCUT2D eigenvalue weighted by atomic mass is 16.5. The molecule has 176 valence electrons. The highest BCUT2D eigenvalue weighted by Crippen LogP contribution is 2.28. The molecule has 0 heterocycles. The zero-order valence-corrected chi connectivity index (χ0v) is 21.0. The molecule has 2 aromatic carbocycles. The molecule has 0 saturated carbocycles. The number of likely N-dealkylation sites (N-methyl/N-ethyl adjacent to an activating group) is 2. The molecule has 2 aromatic rings. The minimum atomic E-state index is 0.720. The fourth-order valence-corrected chi connectivity index (χ4v) is 3.70. The van der Waals surface area contributed by atoms with Gasteiger partial charge in [-0.15, -0.1) is 0 Å². The summed E-state index contributed by atoms with van der Waals surface area (Å²) in [6.07, 6.45) is 0. The van der Waals surface area contributed by atoms with Crippen molar-refractivity contribution < 1.29 is 9.47 Å². The van der Waals surface area contributed by atoms with Gasteiger partial charge in [-0.25, -0.2) is 0 Å². The SMILES string of the molecule is CCN(CC)CCOc1ccc(/C(C)=C(\C)c2ccc(OCCN(CC)CC)cc2)cc1. The van der Waals surface area contributed by atoms with Gasteiger partial charge in [0, 0.05) is 13.1 Å². The molecule has 0 radical (unpaired) electrons. The van der Waals surface area contributed by atoms with Crippen molar-refractivity contribution >= 4 is 11.1 Å². The van der Waals surface area contributed by atoms with E-state index in [2.05, 4.69) is 99.9 Å². The third-order valence-electron chi connectivity index (χ3n) is 6.28. The van der Waals surface area contributed by atoms with Crippen LogP contribution in [0.5, 0.6) is 11.5 Å². The quantitative estimate of drug-likeness (QED) is 0.334. The molecule has 0 saturated heterocycles. The van der Waals surface area contributed by atoms with Crippen LogP contribution in [0.15, 0.2) is 48.5 Å². The first kappa shape index (κ1) is 26.0. The van der Waals surface area contributed by atoms with Gasteiger partial charge in [0.25, 0.3) is 0 Å². The Bertz CT molecular complexity index is 735. The highest BCUT2D eigenvalue weighted by molar-refractivity contribution is 5.89. The zero-order valence-electron chi connectivity index (χ0n) is 21.0. The fourth-order valence-electron chi connectivity index (χ4n) is 3.70. The van der Waals surface area contributed by atoms with Crippen LogP contribution in [0, 0.1) is 0 Å². The molecular weight excluding hydrogens is 396 g/mol. The smallest absolute Gasteiger partial charge is 0.119 e. The first-order valence-electron chi connectivity index (χ1n) is 12.1. The lowest BCUT2D eigenvalue weighted by molar-refractivity contribution is 0.223. The number of nitrogens with zero attached hydrogens (tertiary/aromatic N) is 2. The zero-order chi connectivity index (χ0) is 23.3. The number of rotatable bonds is 14. The van der Waals surface area contributed by atoms with Crippen molar-refractivity contribution in [1.82, 2.24) is 9.80 Å². The second-order valence-electron chi connectivity index (χ2n) is 8.05. The van der Waals surface area contributed by atoms with Crippen LogP contribution in [0.3, 0.4) is 0 Å². The Morgan fingerprint density at radius 2 is 0.875 bits per heavy atom. The summed E-state index contributed by atoms with van der Waals surface area (Å²) in [6, 6.07) is 16.9. The number of hydrogen-bond acceptors (Lipinski definition) is 4. The van der Waals surface area contributed by atoms with Crippen LogP contribution in [0.2, 0.25) is 0 Å². The predicted octanol–water partition coefficient (Wildman–Crippen LogP) is 6.08. The van der Waals surface area contributed by atoms with E-state index in [9.17, 15) is 0 Å². The van der Waals surface area contributed by atoms with Crippen LogP contribution in [-0.2, 0) is 0 Å². The van der Waals surface area contributed by atoms with Crippen LogP contribution < -0.4 is 9.47 Å². The summed E-state index contributed by atoms with van der Waals surface area (Å²) in [5.74, 6) is 1.86. The molecule has 0 amide bonds. The Hall–Kier alpha value is -2.30. The first-order chi connectivity index (χ1) is 15.5. The topological polar surface area (TPSA) is 24.9 Å². The number of benzene rings is 2. The van der Waals surface area contributed by atoms with Gasteiger partial charge in [-0.2, -0.15) is 0 Å². The van der Waals surface area contributed by atoms with E-state index in [1.807, 2.05) is 0 Å². The van der Waals surface area contributed by atoms with Crippen molar-refractivity contribution in [3.63, 3.8) is 0 Å². The number of ether oxygens (including phenoxy) is 2. The summed E-state index contributed by atoms with van der Waals surface area (Å²) in [5.41, 5.74) is 4.99. The van der Waals surface area contributed by atoms with E-state index in [4.69, 9.17) is 9.47 Å². The standard InChI is InChI=1S/C28H42N2O2/c1-7-29(8-2)19-21-31-27-15-11-25(12-16-27)23(5)24(6)26-13-17-28(18-14-26)32-22-20-30(9-3)10-4/h11-18H,7-10,19-22H2,1-6H3/b24-23+. The van der Waals surface area contributed by atoms with Crippen molar-refractivity contribution in [2.45, 2.75) is 41.5 Å². The van der Waals surface area contributed by atoms with E-state index in [1.165, 1.54) is 22.3 Å². The van der Waals surface area contributed by atoms with Gasteiger partial charge >= 0.3 is 0 Å². The molecular formula is C28H42N2O2. The molecule has 4 heteroatoms. The Labute approximate surface area is 195 Å². The third-order valence-corrected chi connectivity index (χ3v) is 6.28. The minimum Gasteiger partial charge on any atom is -0.492 e. The van der Waals surface area contributed by atoms with E-state index in [1.54, 1.807) is 0 Å². The average molecular weight is 439 g/mol. The Morgan fingerprint density at radius 1 is 0.562 bits per heavy atom. The fraction of sp³-hybridized carbons (Fsp3) is 0.500. The van der Waals surface area contributed by atoms with Crippen LogP contribution >= 0.6 is 0 Å². The largest absolute Gasteiger partial charge is 0.492 e. The van der Waals surface area contributed by atoms with E-state index in [-0.39, 0.29) is 0 Å². The molecule has 0 aliphatic heterocycles. The predicted molar refractivity (Wildman–Crippen MR) is 138 cm³/mol. The molecule has 0 aromatic heterocycles. The van der Waals surface area contributed by atoms with E-state index in [0.29, 0.717) is 0 Å². The molecule has 0 unspecified atom stereocenters. The van der Waals surface area contributed by atoms with Crippen LogP contribution in [0.4, 0.5) is 0 Å². The molecule has 0 N–H and O–H groups in total.